The number of benzene rings is 1. The number of nitrogens with zero attached hydrogens (tertiary/aromatic N) is 5. The van der Waals surface area contributed by atoms with Crippen molar-refractivity contribution < 1.29 is 13.7 Å². The number of ether oxygens (including phenoxy) is 2. The lowest BCUT2D eigenvalue weighted by molar-refractivity contribution is 0.208. The van der Waals surface area contributed by atoms with Gasteiger partial charge in [0.2, 0.25) is 5.95 Å². The van der Waals surface area contributed by atoms with Crippen LogP contribution >= 0.6 is 11.6 Å². The highest BCUT2D eigenvalue weighted by Gasteiger charge is 2.22. The molecule has 0 radical (unpaired) electrons. The minimum absolute atomic E-state index is 0.216. The zero-order chi connectivity index (χ0) is 21.2. The summed E-state index contributed by atoms with van der Waals surface area (Å²) in [5.41, 5.74) is 1.77. The second kappa shape index (κ2) is 8.76. The second-order valence-electron chi connectivity index (χ2n) is 7.47. The highest BCUT2D eigenvalue weighted by molar-refractivity contribution is 7.85. The molecule has 1 saturated heterocycles. The van der Waals surface area contributed by atoms with Gasteiger partial charge in [0.05, 0.1) is 39.7 Å². The van der Waals surface area contributed by atoms with E-state index in [0.717, 1.165) is 42.0 Å². The van der Waals surface area contributed by atoms with E-state index >= 15 is 0 Å². The summed E-state index contributed by atoms with van der Waals surface area (Å²) in [6, 6.07) is 5.98. The summed E-state index contributed by atoms with van der Waals surface area (Å²) in [6.45, 7) is 2.33. The molecular weight excluding hydrogens is 438 g/mol. The lowest BCUT2D eigenvalue weighted by atomic mass is 9.98. The molecule has 1 fully saturated rings. The Morgan fingerprint density at radius 1 is 1.06 bits per heavy atom. The summed E-state index contributed by atoms with van der Waals surface area (Å²) in [6.07, 6.45) is 8.68. The zero-order valence-corrected chi connectivity index (χ0v) is 18.2. The van der Waals surface area contributed by atoms with Crippen molar-refractivity contribution in [2.24, 2.45) is 5.92 Å². The first-order chi connectivity index (χ1) is 15.2. The van der Waals surface area contributed by atoms with E-state index in [1.165, 1.54) is 0 Å². The second-order valence-corrected chi connectivity index (χ2v) is 9.27. The maximum absolute atomic E-state index is 11.8. The summed E-state index contributed by atoms with van der Waals surface area (Å²) in [5.74, 6) is 2.02. The van der Waals surface area contributed by atoms with Crippen molar-refractivity contribution in [1.29, 1.82) is 0 Å². The van der Waals surface area contributed by atoms with E-state index < -0.39 is 10.8 Å². The molecule has 0 bridgehead atoms. The number of halogens is 1. The SMILES string of the molecule is O=[S@]1COc2cc(-c3cnc(OCC4CCN(c5ncc(Cl)cn5)CC4)nc3)ccc21. The maximum atomic E-state index is 11.8. The number of hydrogen-bond acceptors (Lipinski definition) is 8. The fraction of sp³-hybridized carbons (Fsp3) is 0.333. The van der Waals surface area contributed by atoms with Crippen molar-refractivity contribution in [2.75, 3.05) is 30.5 Å². The molecule has 0 saturated carbocycles. The van der Waals surface area contributed by atoms with Crippen LogP contribution in [-0.4, -0.2) is 49.8 Å². The van der Waals surface area contributed by atoms with Crippen LogP contribution in [0.1, 0.15) is 12.8 Å². The third-order valence-corrected chi connectivity index (χ3v) is 6.78. The van der Waals surface area contributed by atoms with Crippen LogP contribution in [0.2, 0.25) is 5.02 Å². The van der Waals surface area contributed by atoms with E-state index in [2.05, 4.69) is 24.8 Å². The highest BCUT2D eigenvalue weighted by atomic mass is 35.5. The Bertz CT molecular complexity index is 1090. The van der Waals surface area contributed by atoms with Gasteiger partial charge in [0.15, 0.2) is 5.94 Å². The molecule has 2 aliphatic rings. The molecule has 0 N–H and O–H groups in total. The Hall–Kier alpha value is -2.78. The molecule has 1 atom stereocenters. The van der Waals surface area contributed by atoms with Gasteiger partial charge in [0.25, 0.3) is 0 Å². The van der Waals surface area contributed by atoms with Crippen molar-refractivity contribution in [3.63, 3.8) is 0 Å². The number of rotatable bonds is 5. The summed E-state index contributed by atoms with van der Waals surface area (Å²) in [7, 11) is -1.07. The minimum atomic E-state index is -1.07. The van der Waals surface area contributed by atoms with E-state index in [1.807, 2.05) is 18.2 Å². The van der Waals surface area contributed by atoms with Crippen molar-refractivity contribution in [3.8, 4) is 22.9 Å². The summed E-state index contributed by atoms with van der Waals surface area (Å²) in [4.78, 5) is 20.1. The number of aromatic nitrogens is 4. The fourth-order valence-electron chi connectivity index (χ4n) is 3.67. The molecule has 4 heterocycles. The summed E-state index contributed by atoms with van der Waals surface area (Å²) in [5, 5.41) is 0.541. The molecule has 1 aromatic carbocycles. The monoisotopic (exact) mass is 457 g/mol. The Balaban J connectivity index is 1.14. The van der Waals surface area contributed by atoms with Gasteiger partial charge < -0.3 is 14.4 Å². The molecule has 10 heteroatoms. The van der Waals surface area contributed by atoms with Gasteiger partial charge in [-0.3, -0.25) is 4.21 Å². The van der Waals surface area contributed by atoms with E-state index in [1.54, 1.807) is 24.8 Å². The van der Waals surface area contributed by atoms with Crippen molar-refractivity contribution in [3.05, 3.63) is 48.0 Å². The zero-order valence-electron chi connectivity index (χ0n) is 16.6. The van der Waals surface area contributed by atoms with Crippen LogP contribution in [0.25, 0.3) is 11.1 Å². The van der Waals surface area contributed by atoms with Crippen LogP contribution < -0.4 is 14.4 Å². The average molecular weight is 458 g/mol. The van der Waals surface area contributed by atoms with Crippen LogP contribution in [0.15, 0.2) is 47.9 Å². The first-order valence-electron chi connectivity index (χ1n) is 9.98. The number of hydrogen-bond donors (Lipinski definition) is 0. The molecule has 160 valence electrons. The minimum Gasteiger partial charge on any atom is -0.479 e. The smallest absolute Gasteiger partial charge is 0.316 e. The van der Waals surface area contributed by atoms with Crippen LogP contribution in [0.5, 0.6) is 11.8 Å². The van der Waals surface area contributed by atoms with Gasteiger partial charge in [0.1, 0.15) is 5.75 Å². The quantitative estimate of drug-likeness (QED) is 0.576. The van der Waals surface area contributed by atoms with Crippen molar-refractivity contribution in [2.45, 2.75) is 17.7 Å². The number of piperidine rings is 1. The van der Waals surface area contributed by atoms with Gasteiger partial charge in [-0.25, -0.2) is 19.9 Å². The Morgan fingerprint density at radius 2 is 1.81 bits per heavy atom. The molecule has 3 aromatic rings. The van der Waals surface area contributed by atoms with E-state index in [9.17, 15) is 4.21 Å². The Kier molecular flexibility index (Phi) is 5.69. The predicted octanol–water partition coefficient (Wildman–Crippen LogP) is 3.34. The lowest BCUT2D eigenvalue weighted by Crippen LogP contribution is -2.36. The topological polar surface area (TPSA) is 90.3 Å². The third kappa shape index (κ3) is 4.47. The Morgan fingerprint density at radius 3 is 2.55 bits per heavy atom. The first kappa shape index (κ1) is 20.1. The van der Waals surface area contributed by atoms with Crippen molar-refractivity contribution >= 4 is 28.3 Å². The van der Waals surface area contributed by atoms with Gasteiger partial charge in [-0.2, -0.15) is 0 Å². The molecule has 0 amide bonds. The molecule has 31 heavy (non-hydrogen) atoms. The van der Waals surface area contributed by atoms with E-state index in [0.29, 0.717) is 35.3 Å². The largest absolute Gasteiger partial charge is 0.479 e. The molecule has 0 unspecified atom stereocenters. The lowest BCUT2D eigenvalue weighted by Gasteiger charge is -2.31. The highest BCUT2D eigenvalue weighted by Crippen LogP contribution is 2.33. The van der Waals surface area contributed by atoms with Crippen LogP contribution in [0, 0.1) is 5.92 Å². The normalized spacial score (nSPS) is 18.5. The number of fused-ring (bicyclic) bond motifs is 1. The summed E-state index contributed by atoms with van der Waals surface area (Å²) >= 11 is 5.86. The third-order valence-electron chi connectivity index (χ3n) is 5.42. The average Bonchev–Trinajstić information content (AvgIpc) is 3.19. The number of anilines is 1. The van der Waals surface area contributed by atoms with Crippen LogP contribution in [0.4, 0.5) is 5.95 Å². The summed E-state index contributed by atoms with van der Waals surface area (Å²) < 4.78 is 23.1. The molecule has 0 aliphatic carbocycles. The van der Waals surface area contributed by atoms with Gasteiger partial charge >= 0.3 is 6.01 Å². The van der Waals surface area contributed by atoms with Crippen LogP contribution in [0.3, 0.4) is 0 Å². The van der Waals surface area contributed by atoms with Gasteiger partial charge in [-0.05, 0) is 36.5 Å². The fourth-order valence-corrected chi connectivity index (χ4v) is 4.69. The van der Waals surface area contributed by atoms with Crippen LogP contribution in [-0.2, 0) is 10.8 Å². The molecule has 0 spiro atoms. The first-order valence-corrected chi connectivity index (χ1v) is 11.7. The molecule has 2 aromatic heterocycles. The van der Waals surface area contributed by atoms with Crippen molar-refractivity contribution in [1.82, 2.24) is 19.9 Å². The van der Waals surface area contributed by atoms with Gasteiger partial charge in [-0.1, -0.05) is 17.7 Å². The van der Waals surface area contributed by atoms with E-state index in [-0.39, 0.29) is 5.94 Å². The Labute approximate surface area is 187 Å². The standard InChI is InChI=1S/C21H20ClN5O3S/c22-17-10-23-20(24-11-17)27-5-3-14(4-6-27)12-29-21-25-8-16(9-26-21)15-1-2-19-18(7-15)30-13-31(19)28/h1-2,7-11,14H,3-6,12-13H2/t31-/m0/s1. The predicted molar refractivity (Wildman–Crippen MR) is 117 cm³/mol. The van der Waals surface area contributed by atoms with Gasteiger partial charge in [0, 0.05) is 31.0 Å². The molecule has 8 nitrogen and oxygen atoms in total. The molecule has 2 aliphatic heterocycles. The van der Waals surface area contributed by atoms with Gasteiger partial charge in [-0.15, -0.1) is 0 Å². The maximum Gasteiger partial charge on any atom is 0.316 e. The van der Waals surface area contributed by atoms with E-state index in [4.69, 9.17) is 21.1 Å². The molecular formula is C21H20ClN5O3S. The molecule has 5 rings (SSSR count).